The van der Waals surface area contributed by atoms with Gasteiger partial charge in [-0.15, -0.1) is 0 Å². The van der Waals surface area contributed by atoms with Crippen LogP contribution in [-0.4, -0.2) is 41.9 Å². The molecule has 2 aromatic carbocycles. The van der Waals surface area contributed by atoms with Crippen LogP contribution in [0.3, 0.4) is 0 Å². The number of fused-ring (bicyclic) bond motifs is 1. The Hall–Kier alpha value is -3.98. The average molecular weight is 532 g/mol. The van der Waals surface area contributed by atoms with Crippen LogP contribution < -0.4 is 5.32 Å². The summed E-state index contributed by atoms with van der Waals surface area (Å²) in [7, 11) is -2.48. The zero-order valence-electron chi connectivity index (χ0n) is 21.3. The molecule has 2 atom stereocenters. The van der Waals surface area contributed by atoms with Crippen molar-refractivity contribution in [2.24, 2.45) is 0 Å². The SMILES string of the molecule is COC(=O)C1(NC(=O)c2ccccn2)CCCC(c2ccc3ccn(S(=O)(=O)c4ccc(C)cc4)c3c2)C1. The van der Waals surface area contributed by atoms with E-state index in [-0.39, 0.29) is 16.5 Å². The van der Waals surface area contributed by atoms with Gasteiger partial charge in [-0.3, -0.25) is 9.78 Å². The number of rotatable bonds is 6. The first-order chi connectivity index (χ1) is 18.2. The fourth-order valence-corrected chi connectivity index (χ4v) is 6.64. The van der Waals surface area contributed by atoms with E-state index in [0.29, 0.717) is 24.8 Å². The van der Waals surface area contributed by atoms with Crippen molar-refractivity contribution < 1.29 is 22.7 Å². The molecular weight excluding hydrogens is 502 g/mol. The number of esters is 1. The molecule has 4 aromatic rings. The van der Waals surface area contributed by atoms with Crippen molar-refractivity contribution in [3.8, 4) is 0 Å². The lowest BCUT2D eigenvalue weighted by molar-refractivity contribution is -0.150. The van der Waals surface area contributed by atoms with Crippen molar-refractivity contribution in [3.05, 3.63) is 95.9 Å². The Morgan fingerprint density at radius 3 is 2.58 bits per heavy atom. The van der Waals surface area contributed by atoms with E-state index in [1.165, 1.54) is 17.3 Å². The molecule has 2 heterocycles. The fourth-order valence-electron chi connectivity index (χ4n) is 5.29. The highest BCUT2D eigenvalue weighted by Crippen LogP contribution is 2.40. The highest BCUT2D eigenvalue weighted by atomic mass is 32.2. The Bertz CT molecular complexity index is 1600. The van der Waals surface area contributed by atoms with E-state index in [1.54, 1.807) is 54.7 Å². The second-order valence-corrected chi connectivity index (χ2v) is 11.6. The first-order valence-electron chi connectivity index (χ1n) is 12.5. The number of benzene rings is 2. The summed E-state index contributed by atoms with van der Waals surface area (Å²) < 4.78 is 33.3. The first-order valence-corrected chi connectivity index (χ1v) is 13.9. The van der Waals surface area contributed by atoms with Crippen molar-refractivity contribution in [2.45, 2.75) is 49.0 Å². The smallest absolute Gasteiger partial charge is 0.331 e. The van der Waals surface area contributed by atoms with Crippen LogP contribution in [0, 0.1) is 6.92 Å². The summed E-state index contributed by atoms with van der Waals surface area (Å²) in [5, 5.41) is 3.71. The van der Waals surface area contributed by atoms with E-state index >= 15 is 0 Å². The van der Waals surface area contributed by atoms with Gasteiger partial charge in [-0.2, -0.15) is 0 Å². The third kappa shape index (κ3) is 4.69. The maximum Gasteiger partial charge on any atom is 0.331 e. The van der Waals surface area contributed by atoms with Gasteiger partial charge in [-0.05, 0) is 80.5 Å². The summed E-state index contributed by atoms with van der Waals surface area (Å²) in [6.07, 6.45) is 5.33. The van der Waals surface area contributed by atoms with Gasteiger partial charge in [0.05, 0.1) is 17.5 Å². The Balaban J connectivity index is 1.49. The molecule has 1 N–H and O–H groups in total. The van der Waals surface area contributed by atoms with E-state index in [2.05, 4.69) is 10.3 Å². The van der Waals surface area contributed by atoms with Crippen LogP contribution in [0.25, 0.3) is 10.9 Å². The van der Waals surface area contributed by atoms with E-state index in [9.17, 15) is 18.0 Å². The summed E-state index contributed by atoms with van der Waals surface area (Å²) in [6.45, 7) is 1.91. The van der Waals surface area contributed by atoms with Crippen molar-refractivity contribution in [1.82, 2.24) is 14.3 Å². The molecule has 1 saturated carbocycles. The van der Waals surface area contributed by atoms with Crippen LogP contribution in [0.5, 0.6) is 0 Å². The second-order valence-electron chi connectivity index (χ2n) is 9.78. The monoisotopic (exact) mass is 531 g/mol. The third-order valence-electron chi connectivity index (χ3n) is 7.31. The molecule has 0 aliphatic heterocycles. The number of ether oxygens (including phenoxy) is 1. The normalized spacial score (nSPS) is 19.7. The van der Waals surface area contributed by atoms with Gasteiger partial charge in [0.15, 0.2) is 0 Å². The molecular formula is C29H29N3O5S. The van der Waals surface area contributed by atoms with E-state index < -0.39 is 27.4 Å². The van der Waals surface area contributed by atoms with Crippen LogP contribution in [-0.2, 0) is 19.6 Å². The van der Waals surface area contributed by atoms with Crippen LogP contribution in [0.1, 0.15) is 53.2 Å². The Labute approximate surface area is 221 Å². The number of carbonyl (C=O) groups excluding carboxylic acids is 2. The molecule has 9 heteroatoms. The van der Waals surface area contributed by atoms with E-state index in [0.717, 1.165) is 22.9 Å². The molecule has 2 aromatic heterocycles. The molecule has 1 aliphatic rings. The fraction of sp³-hybridized carbons (Fsp3) is 0.276. The van der Waals surface area contributed by atoms with Gasteiger partial charge in [-0.25, -0.2) is 17.2 Å². The molecule has 1 aliphatic carbocycles. The number of aryl methyl sites for hydroxylation is 1. The van der Waals surface area contributed by atoms with Crippen molar-refractivity contribution in [3.63, 3.8) is 0 Å². The van der Waals surface area contributed by atoms with E-state index in [4.69, 9.17) is 4.74 Å². The molecule has 1 amide bonds. The van der Waals surface area contributed by atoms with Gasteiger partial charge in [0.25, 0.3) is 15.9 Å². The predicted molar refractivity (Wildman–Crippen MR) is 143 cm³/mol. The summed E-state index contributed by atoms with van der Waals surface area (Å²) in [6, 6.07) is 19.3. The van der Waals surface area contributed by atoms with E-state index in [1.807, 2.05) is 25.1 Å². The summed E-state index contributed by atoms with van der Waals surface area (Å²) in [5.74, 6) is -1.04. The molecule has 0 spiro atoms. The molecule has 2 unspecified atom stereocenters. The Morgan fingerprint density at radius 1 is 1.08 bits per heavy atom. The minimum Gasteiger partial charge on any atom is -0.467 e. The molecule has 1 fully saturated rings. The maximum atomic E-state index is 13.4. The van der Waals surface area contributed by atoms with Gasteiger partial charge in [-0.1, -0.05) is 35.9 Å². The Kier molecular flexibility index (Phi) is 6.79. The first kappa shape index (κ1) is 25.7. The van der Waals surface area contributed by atoms with Crippen LogP contribution in [0.2, 0.25) is 0 Å². The topological polar surface area (TPSA) is 107 Å². The van der Waals surface area contributed by atoms with Crippen molar-refractivity contribution in [2.75, 3.05) is 7.11 Å². The van der Waals surface area contributed by atoms with Crippen molar-refractivity contribution in [1.29, 1.82) is 0 Å². The van der Waals surface area contributed by atoms with Gasteiger partial charge in [0, 0.05) is 17.8 Å². The minimum absolute atomic E-state index is 0.0956. The van der Waals surface area contributed by atoms with Crippen molar-refractivity contribution >= 4 is 32.8 Å². The van der Waals surface area contributed by atoms with Crippen LogP contribution >= 0.6 is 0 Å². The molecule has 196 valence electrons. The number of nitrogens with zero attached hydrogens (tertiary/aromatic N) is 2. The Morgan fingerprint density at radius 2 is 1.87 bits per heavy atom. The summed E-state index contributed by atoms with van der Waals surface area (Å²) in [4.78, 5) is 30.3. The van der Waals surface area contributed by atoms with Crippen LogP contribution in [0.4, 0.5) is 0 Å². The predicted octanol–water partition coefficient (Wildman–Crippen LogP) is 4.58. The lowest BCUT2D eigenvalue weighted by Gasteiger charge is -2.39. The van der Waals surface area contributed by atoms with Gasteiger partial charge in [0.2, 0.25) is 0 Å². The molecule has 0 bridgehead atoms. The zero-order valence-corrected chi connectivity index (χ0v) is 22.1. The van der Waals surface area contributed by atoms with Gasteiger partial charge in [0.1, 0.15) is 11.2 Å². The van der Waals surface area contributed by atoms with Gasteiger partial charge >= 0.3 is 5.97 Å². The lowest BCUT2D eigenvalue weighted by Crippen LogP contribution is -2.57. The molecule has 8 nitrogen and oxygen atoms in total. The maximum absolute atomic E-state index is 13.4. The summed E-state index contributed by atoms with van der Waals surface area (Å²) in [5.41, 5.74) is 1.45. The minimum atomic E-state index is -3.79. The highest BCUT2D eigenvalue weighted by molar-refractivity contribution is 7.90. The lowest BCUT2D eigenvalue weighted by atomic mass is 9.73. The standard InChI is InChI=1S/C29H29N3O5S/c1-20-8-12-24(13-9-20)38(35,36)32-17-14-21-10-11-22(18-26(21)32)23-6-5-15-29(19-23,28(34)37-2)31-27(33)25-7-3-4-16-30-25/h3-4,7-14,16-18,23H,5-6,15,19H2,1-2H3,(H,31,33). The number of methoxy groups -OCH3 is 1. The zero-order chi connectivity index (χ0) is 26.9. The highest BCUT2D eigenvalue weighted by Gasteiger charge is 2.45. The average Bonchev–Trinajstić information content (AvgIpc) is 3.38. The number of aromatic nitrogens is 2. The molecule has 0 radical (unpaired) electrons. The second kappa shape index (κ2) is 10.1. The largest absolute Gasteiger partial charge is 0.467 e. The molecule has 0 saturated heterocycles. The number of hydrogen-bond acceptors (Lipinski definition) is 6. The number of carbonyl (C=O) groups is 2. The third-order valence-corrected chi connectivity index (χ3v) is 9.01. The molecule has 38 heavy (non-hydrogen) atoms. The van der Waals surface area contributed by atoms with Crippen LogP contribution in [0.15, 0.2) is 84.0 Å². The summed E-state index contributed by atoms with van der Waals surface area (Å²) >= 11 is 0. The number of pyridine rings is 1. The number of nitrogens with one attached hydrogen (secondary N) is 1. The molecule has 5 rings (SSSR count). The quantitative estimate of drug-likeness (QED) is 0.365. The number of amides is 1. The number of hydrogen-bond donors (Lipinski definition) is 1. The van der Waals surface area contributed by atoms with Gasteiger partial charge < -0.3 is 10.1 Å².